The molecule has 1 atom stereocenters. The van der Waals surface area contributed by atoms with Gasteiger partial charge in [-0.05, 0) is 0 Å². The van der Waals surface area contributed by atoms with Crippen LogP contribution < -0.4 is 5.32 Å². The number of aromatic nitrogens is 1. The number of nitrogens with one attached hydrogen (secondary N) is 1. The van der Waals surface area contributed by atoms with Gasteiger partial charge < -0.3 is 14.6 Å². The summed E-state index contributed by atoms with van der Waals surface area (Å²) >= 11 is 0. The number of rotatable bonds is 1. The van der Waals surface area contributed by atoms with Crippen molar-refractivity contribution in [2.24, 2.45) is 0 Å². The Labute approximate surface area is 62.3 Å². The summed E-state index contributed by atoms with van der Waals surface area (Å²) in [6.45, 7) is 0.325. The number of cyclic esters (lactones) is 1. The van der Waals surface area contributed by atoms with Gasteiger partial charge in [-0.25, -0.2) is 4.79 Å². The molecule has 1 aliphatic rings. The summed E-state index contributed by atoms with van der Waals surface area (Å²) < 4.78 is 9.26. The van der Waals surface area contributed by atoms with E-state index in [-0.39, 0.29) is 6.04 Å². The molecule has 1 fully saturated rings. The molecule has 1 aromatic heterocycles. The van der Waals surface area contributed by atoms with E-state index in [2.05, 4.69) is 19.7 Å². The minimum absolute atomic E-state index is 0.152. The van der Waals surface area contributed by atoms with E-state index < -0.39 is 6.09 Å². The fourth-order valence-corrected chi connectivity index (χ4v) is 0.946. The number of carbonyl (C=O) groups is 1. The van der Waals surface area contributed by atoms with Crippen LogP contribution in [0.1, 0.15) is 11.7 Å². The standard InChI is InChI=1S/C6H6N2O3/c9-6-7-5(3-10-6)4-1-2-11-8-4/h1-2,5H,3H2,(H,7,9). The second-order valence-electron chi connectivity index (χ2n) is 2.22. The average Bonchev–Trinajstić information content (AvgIpc) is 2.55. The summed E-state index contributed by atoms with van der Waals surface area (Å²) in [5, 5.41) is 6.24. The molecule has 58 valence electrons. The molecular weight excluding hydrogens is 148 g/mol. The monoisotopic (exact) mass is 154 g/mol. The van der Waals surface area contributed by atoms with Crippen molar-refractivity contribution in [2.75, 3.05) is 6.61 Å². The highest BCUT2D eigenvalue weighted by molar-refractivity contribution is 5.69. The van der Waals surface area contributed by atoms with Crippen LogP contribution in [0, 0.1) is 0 Å². The van der Waals surface area contributed by atoms with Gasteiger partial charge in [0.1, 0.15) is 24.6 Å². The van der Waals surface area contributed by atoms with Gasteiger partial charge in [-0.15, -0.1) is 0 Å². The van der Waals surface area contributed by atoms with Crippen LogP contribution in [0.3, 0.4) is 0 Å². The Bertz CT molecular complexity index is 257. The van der Waals surface area contributed by atoms with E-state index in [0.29, 0.717) is 12.3 Å². The minimum Gasteiger partial charge on any atom is -0.447 e. The Hall–Kier alpha value is -1.52. The Balaban J connectivity index is 2.13. The van der Waals surface area contributed by atoms with Crippen LogP contribution >= 0.6 is 0 Å². The van der Waals surface area contributed by atoms with Crippen LogP contribution in [0.5, 0.6) is 0 Å². The quantitative estimate of drug-likeness (QED) is 0.638. The van der Waals surface area contributed by atoms with E-state index in [1.165, 1.54) is 6.26 Å². The number of ether oxygens (including phenoxy) is 1. The van der Waals surface area contributed by atoms with E-state index in [0.717, 1.165) is 0 Å². The summed E-state index contributed by atoms with van der Waals surface area (Å²) in [7, 11) is 0. The van der Waals surface area contributed by atoms with Gasteiger partial charge in [0.15, 0.2) is 0 Å². The second kappa shape index (κ2) is 2.26. The van der Waals surface area contributed by atoms with Gasteiger partial charge in [-0.2, -0.15) is 0 Å². The highest BCUT2D eigenvalue weighted by Crippen LogP contribution is 2.14. The molecule has 5 nitrogen and oxygen atoms in total. The molecule has 0 aromatic carbocycles. The van der Waals surface area contributed by atoms with Gasteiger partial charge in [0, 0.05) is 6.07 Å². The maximum atomic E-state index is 10.6. The molecule has 5 heteroatoms. The van der Waals surface area contributed by atoms with Crippen molar-refractivity contribution < 1.29 is 14.1 Å². The molecule has 2 rings (SSSR count). The second-order valence-corrected chi connectivity index (χ2v) is 2.22. The molecule has 1 aromatic rings. The van der Waals surface area contributed by atoms with Crippen molar-refractivity contribution in [3.63, 3.8) is 0 Å². The SMILES string of the molecule is O=C1NC(c2ccon2)CO1. The van der Waals surface area contributed by atoms with E-state index >= 15 is 0 Å². The van der Waals surface area contributed by atoms with Crippen molar-refractivity contribution in [2.45, 2.75) is 6.04 Å². The van der Waals surface area contributed by atoms with Gasteiger partial charge in [-0.1, -0.05) is 5.16 Å². The van der Waals surface area contributed by atoms with Gasteiger partial charge >= 0.3 is 6.09 Å². The first kappa shape index (κ1) is 6.21. The summed E-state index contributed by atoms with van der Waals surface area (Å²) in [6.07, 6.45) is 1.05. The molecule has 0 spiro atoms. The number of hydrogen-bond donors (Lipinski definition) is 1. The first-order chi connectivity index (χ1) is 5.36. The fraction of sp³-hybridized carbons (Fsp3) is 0.333. The van der Waals surface area contributed by atoms with E-state index in [9.17, 15) is 4.79 Å². The maximum Gasteiger partial charge on any atom is 0.407 e. The Morgan fingerprint density at radius 1 is 1.73 bits per heavy atom. The summed E-state index contributed by atoms with van der Waals surface area (Å²) in [4.78, 5) is 10.6. The number of hydrogen-bond acceptors (Lipinski definition) is 4. The molecule has 1 N–H and O–H groups in total. The molecule has 1 amide bonds. The van der Waals surface area contributed by atoms with Crippen LogP contribution in [-0.2, 0) is 4.74 Å². The van der Waals surface area contributed by atoms with Crippen LogP contribution in [0.25, 0.3) is 0 Å². The van der Waals surface area contributed by atoms with E-state index in [1.54, 1.807) is 6.07 Å². The van der Waals surface area contributed by atoms with Crippen LogP contribution in [-0.4, -0.2) is 17.9 Å². The molecule has 1 aliphatic heterocycles. The zero-order chi connectivity index (χ0) is 7.68. The molecule has 1 unspecified atom stereocenters. The van der Waals surface area contributed by atoms with Gasteiger partial charge in [0.25, 0.3) is 0 Å². The Morgan fingerprint density at radius 2 is 2.64 bits per heavy atom. The van der Waals surface area contributed by atoms with Gasteiger partial charge in [0.05, 0.1) is 0 Å². The predicted molar refractivity (Wildman–Crippen MR) is 33.7 cm³/mol. The van der Waals surface area contributed by atoms with E-state index in [1.807, 2.05) is 0 Å². The number of amides is 1. The Morgan fingerprint density at radius 3 is 3.18 bits per heavy atom. The van der Waals surface area contributed by atoms with Crippen molar-refractivity contribution in [3.05, 3.63) is 18.0 Å². The number of alkyl carbamates (subject to hydrolysis) is 1. The third kappa shape index (κ3) is 1.04. The van der Waals surface area contributed by atoms with E-state index in [4.69, 9.17) is 0 Å². The number of nitrogens with zero attached hydrogens (tertiary/aromatic N) is 1. The lowest BCUT2D eigenvalue weighted by atomic mass is 10.2. The summed E-state index contributed by atoms with van der Waals surface area (Å²) in [5.74, 6) is 0. The zero-order valence-electron chi connectivity index (χ0n) is 5.61. The largest absolute Gasteiger partial charge is 0.447 e. The third-order valence-electron chi connectivity index (χ3n) is 1.49. The molecule has 1 saturated heterocycles. The minimum atomic E-state index is -0.405. The normalized spacial score (nSPS) is 22.9. The highest BCUT2D eigenvalue weighted by atomic mass is 16.6. The van der Waals surface area contributed by atoms with Crippen LogP contribution in [0.15, 0.2) is 16.9 Å². The molecule has 11 heavy (non-hydrogen) atoms. The van der Waals surface area contributed by atoms with Crippen molar-refractivity contribution in [1.29, 1.82) is 0 Å². The van der Waals surface area contributed by atoms with Gasteiger partial charge in [0.2, 0.25) is 0 Å². The van der Waals surface area contributed by atoms with Crippen LogP contribution in [0.4, 0.5) is 4.79 Å². The van der Waals surface area contributed by atoms with Crippen molar-refractivity contribution >= 4 is 6.09 Å². The van der Waals surface area contributed by atoms with Crippen LogP contribution in [0.2, 0.25) is 0 Å². The molecule has 0 radical (unpaired) electrons. The smallest absolute Gasteiger partial charge is 0.407 e. The molecule has 0 bridgehead atoms. The zero-order valence-corrected chi connectivity index (χ0v) is 5.61. The lowest BCUT2D eigenvalue weighted by Crippen LogP contribution is -2.18. The lowest BCUT2D eigenvalue weighted by molar-refractivity contribution is 0.176. The topological polar surface area (TPSA) is 64.4 Å². The average molecular weight is 154 g/mol. The highest BCUT2D eigenvalue weighted by Gasteiger charge is 2.25. The molecule has 0 saturated carbocycles. The first-order valence-corrected chi connectivity index (χ1v) is 3.20. The molecule has 0 aliphatic carbocycles. The summed E-state index contributed by atoms with van der Waals surface area (Å²) in [5.41, 5.74) is 0.691. The lowest BCUT2D eigenvalue weighted by Gasteiger charge is -1.98. The third-order valence-corrected chi connectivity index (χ3v) is 1.49. The number of carbonyl (C=O) groups excluding carboxylic acids is 1. The Kier molecular flexibility index (Phi) is 1.28. The molecule has 2 heterocycles. The van der Waals surface area contributed by atoms with Crippen molar-refractivity contribution in [1.82, 2.24) is 10.5 Å². The maximum absolute atomic E-state index is 10.6. The van der Waals surface area contributed by atoms with Crippen molar-refractivity contribution in [3.8, 4) is 0 Å². The van der Waals surface area contributed by atoms with Gasteiger partial charge in [-0.3, -0.25) is 0 Å². The predicted octanol–water partition coefficient (Wildman–Crippen LogP) is 0.456. The fourth-order valence-electron chi connectivity index (χ4n) is 0.946. The first-order valence-electron chi connectivity index (χ1n) is 3.20. The molecular formula is C6H6N2O3. The summed E-state index contributed by atoms with van der Waals surface area (Å²) in [6, 6.07) is 1.54.